The van der Waals surface area contributed by atoms with E-state index in [1.807, 2.05) is 19.9 Å². The minimum Gasteiger partial charge on any atom is -0.233 e. The van der Waals surface area contributed by atoms with Crippen molar-refractivity contribution in [3.63, 3.8) is 0 Å². The topological polar surface area (TPSA) is 25.8 Å². The third kappa shape index (κ3) is 2.15. The Bertz CT molecular complexity index is 424. The molecule has 0 amide bonds. The van der Waals surface area contributed by atoms with Gasteiger partial charge in [0.1, 0.15) is 0 Å². The Hall–Kier alpha value is -0.840. The van der Waals surface area contributed by atoms with E-state index in [4.69, 9.17) is 0 Å². The molecule has 3 heteroatoms. The van der Waals surface area contributed by atoms with Gasteiger partial charge in [-0.1, -0.05) is 32.9 Å². The van der Waals surface area contributed by atoms with Crippen LogP contribution < -0.4 is 0 Å². The second kappa shape index (κ2) is 4.13. The lowest BCUT2D eigenvalue weighted by molar-refractivity contribution is 1.03. The smallest absolute Gasteiger partial charge is 0.165 e. The van der Waals surface area contributed by atoms with Gasteiger partial charge >= 0.3 is 0 Å². The van der Waals surface area contributed by atoms with Crippen molar-refractivity contribution < 1.29 is 0 Å². The number of halogens is 1. The number of aromatic nitrogens is 2. The van der Waals surface area contributed by atoms with Crippen LogP contribution in [-0.2, 0) is 0 Å². The largest absolute Gasteiger partial charge is 0.233 e. The quantitative estimate of drug-likeness (QED) is 0.745. The average molecular weight is 298 g/mol. The molecule has 0 fully saturated rings. The molecule has 0 bridgehead atoms. The molecule has 1 aromatic heterocycles. The highest BCUT2D eigenvalue weighted by Gasteiger charge is 2.04. The summed E-state index contributed by atoms with van der Waals surface area (Å²) in [5.41, 5.74) is 2.10. The van der Waals surface area contributed by atoms with Crippen molar-refractivity contribution in [1.29, 1.82) is 0 Å². The van der Waals surface area contributed by atoms with Crippen LogP contribution in [0.3, 0.4) is 0 Å². The lowest BCUT2D eigenvalue weighted by atomic mass is 10.3. The van der Waals surface area contributed by atoms with E-state index >= 15 is 0 Å². The molecule has 0 aromatic carbocycles. The monoisotopic (exact) mass is 298 g/mol. The zero-order valence-electron chi connectivity index (χ0n) is 8.16. The number of rotatable bonds is 1. The van der Waals surface area contributed by atoms with Gasteiger partial charge < -0.3 is 0 Å². The zero-order valence-corrected chi connectivity index (χ0v) is 10.3. The summed E-state index contributed by atoms with van der Waals surface area (Å²) in [4.78, 5) is 8.90. The molecule has 1 aliphatic heterocycles. The molecule has 0 spiro atoms. The van der Waals surface area contributed by atoms with Gasteiger partial charge in [0.25, 0.3) is 0 Å². The molecule has 1 aromatic rings. The minimum atomic E-state index is -0.0311. The first-order chi connectivity index (χ1) is 6.75. The Morgan fingerprint density at radius 2 is 1.79 bits per heavy atom. The second-order valence-corrected chi connectivity index (χ2v) is 5.61. The summed E-state index contributed by atoms with van der Waals surface area (Å²) in [6.07, 6.45) is 6.28. The molecule has 2 rings (SSSR count). The van der Waals surface area contributed by atoms with Crippen LogP contribution in [0.2, 0.25) is 0 Å². The number of hydrogen-bond acceptors (Lipinski definition) is 2. The predicted octanol–water partition coefficient (Wildman–Crippen LogP) is 2.78. The first-order valence-electron chi connectivity index (χ1n) is 4.42. The lowest BCUT2D eigenvalue weighted by Gasteiger charge is -2.04. The van der Waals surface area contributed by atoms with E-state index in [0.29, 0.717) is 0 Å². The highest BCUT2D eigenvalue weighted by Crippen LogP contribution is 2.26. The van der Waals surface area contributed by atoms with Crippen LogP contribution in [0.1, 0.15) is 17.2 Å². The summed E-state index contributed by atoms with van der Waals surface area (Å²) in [5, 5.41) is 0. The number of nitrogens with zero attached hydrogens (tertiary/aromatic N) is 2. The SMILES string of the molecule is Cc1cc(C)nc(C2=CC=CC=I2)n1. The summed E-state index contributed by atoms with van der Waals surface area (Å²) < 4.78 is 3.54. The van der Waals surface area contributed by atoms with Crippen LogP contribution in [0.4, 0.5) is 0 Å². The second-order valence-electron chi connectivity index (χ2n) is 3.11. The molecule has 72 valence electrons. The molecule has 2 nitrogen and oxygen atoms in total. The molecule has 0 N–H and O–H groups in total. The van der Waals surface area contributed by atoms with E-state index in [0.717, 1.165) is 17.2 Å². The highest BCUT2D eigenvalue weighted by atomic mass is 127. The van der Waals surface area contributed by atoms with Crippen LogP contribution in [0.15, 0.2) is 24.3 Å². The van der Waals surface area contributed by atoms with Crippen LogP contribution in [0.5, 0.6) is 0 Å². The van der Waals surface area contributed by atoms with E-state index in [9.17, 15) is 0 Å². The number of hydrogen-bond donors (Lipinski definition) is 0. The highest BCUT2D eigenvalue weighted by molar-refractivity contribution is 14.2. The van der Waals surface area contributed by atoms with Crippen molar-refractivity contribution in [1.82, 2.24) is 9.97 Å². The van der Waals surface area contributed by atoms with E-state index < -0.39 is 0 Å². The van der Waals surface area contributed by atoms with Gasteiger partial charge in [0.05, 0.1) is 3.58 Å². The molecule has 2 heterocycles. The van der Waals surface area contributed by atoms with Crippen molar-refractivity contribution in [2.24, 2.45) is 0 Å². The van der Waals surface area contributed by atoms with Crippen molar-refractivity contribution >= 4 is 28.3 Å². The van der Waals surface area contributed by atoms with Crippen molar-refractivity contribution in [3.05, 3.63) is 41.5 Å². The van der Waals surface area contributed by atoms with Gasteiger partial charge in [0.2, 0.25) is 0 Å². The molecule has 0 atom stereocenters. The first kappa shape index (κ1) is 9.71. The van der Waals surface area contributed by atoms with E-state index in [1.165, 1.54) is 3.58 Å². The van der Waals surface area contributed by atoms with Crippen LogP contribution in [0, 0.1) is 13.8 Å². The Kier molecular flexibility index (Phi) is 2.86. The summed E-state index contributed by atoms with van der Waals surface area (Å²) in [5.74, 6) is 0.913. The van der Waals surface area contributed by atoms with Crippen molar-refractivity contribution in [2.45, 2.75) is 13.8 Å². The molecular weight excluding hydrogens is 287 g/mol. The van der Waals surface area contributed by atoms with Gasteiger partial charge in [0.15, 0.2) is 5.82 Å². The van der Waals surface area contributed by atoms with Crippen molar-refractivity contribution in [2.75, 3.05) is 0 Å². The fourth-order valence-corrected chi connectivity index (χ4v) is 3.05. The van der Waals surface area contributed by atoms with E-state index in [-0.39, 0.29) is 20.7 Å². The van der Waals surface area contributed by atoms with Gasteiger partial charge in [0, 0.05) is 11.4 Å². The molecule has 0 saturated carbocycles. The maximum absolute atomic E-state index is 4.45. The van der Waals surface area contributed by atoms with Gasteiger partial charge in [-0.2, -0.15) is 0 Å². The van der Waals surface area contributed by atoms with Gasteiger partial charge in [-0.15, -0.1) is 0 Å². The van der Waals surface area contributed by atoms with E-state index in [2.05, 4.69) is 32.2 Å². The fraction of sp³-hybridized carbons (Fsp3) is 0.182. The van der Waals surface area contributed by atoms with Gasteiger partial charge in [-0.25, -0.2) is 9.97 Å². The maximum atomic E-state index is 4.45. The van der Waals surface area contributed by atoms with E-state index in [1.54, 1.807) is 0 Å². The first-order valence-corrected chi connectivity index (χ1v) is 6.74. The lowest BCUT2D eigenvalue weighted by Crippen LogP contribution is -1.96. The molecule has 0 aliphatic carbocycles. The summed E-state index contributed by atoms with van der Waals surface area (Å²) in [7, 11) is 0. The molecule has 0 unspecified atom stereocenters. The molecule has 14 heavy (non-hydrogen) atoms. The van der Waals surface area contributed by atoms with Crippen LogP contribution >= 0.6 is 20.7 Å². The third-order valence-electron chi connectivity index (χ3n) is 1.80. The zero-order chi connectivity index (χ0) is 9.97. The van der Waals surface area contributed by atoms with Gasteiger partial charge in [-0.05, 0) is 30.0 Å². The van der Waals surface area contributed by atoms with Crippen molar-refractivity contribution in [3.8, 4) is 0 Å². The summed E-state index contributed by atoms with van der Waals surface area (Å²) in [6.45, 7) is 4.03. The van der Waals surface area contributed by atoms with Crippen LogP contribution in [-0.4, -0.2) is 14.0 Å². The minimum absolute atomic E-state index is 0.0311. The number of aryl methyl sites for hydroxylation is 2. The molecule has 0 saturated heterocycles. The standard InChI is InChI=1S/C11H11IN2/c1-8-7-9(2)14-11(13-8)10-5-3-4-6-12-10/h3-7H,1-2H3. The molecule has 0 radical (unpaired) electrons. The number of allylic oxidation sites excluding steroid dienone is 3. The normalized spacial score (nSPS) is 14.9. The average Bonchev–Trinajstić information content (AvgIpc) is 2.18. The predicted molar refractivity (Wildman–Crippen MR) is 68.7 cm³/mol. The van der Waals surface area contributed by atoms with Crippen LogP contribution in [0.25, 0.3) is 3.58 Å². The Labute approximate surface area is 93.5 Å². The fourth-order valence-electron chi connectivity index (χ4n) is 1.28. The molecule has 1 aliphatic rings. The van der Waals surface area contributed by atoms with Gasteiger partial charge in [-0.3, -0.25) is 0 Å². The Morgan fingerprint density at radius 1 is 1.07 bits per heavy atom. The Morgan fingerprint density at radius 3 is 2.36 bits per heavy atom. The third-order valence-corrected chi connectivity index (χ3v) is 4.09. The maximum Gasteiger partial charge on any atom is 0.165 e. The summed E-state index contributed by atoms with van der Waals surface area (Å²) in [6, 6.07) is 2.00. The molecular formula is C11H11IN2. The Balaban J connectivity index is 2.46. The summed E-state index contributed by atoms with van der Waals surface area (Å²) >= 11 is -0.0311.